The van der Waals surface area contributed by atoms with Gasteiger partial charge in [0.15, 0.2) is 5.11 Å². The third kappa shape index (κ3) is 3.98. The van der Waals surface area contributed by atoms with Gasteiger partial charge in [0.05, 0.1) is 30.1 Å². The quantitative estimate of drug-likeness (QED) is 0.448. The number of nitrogens with zero attached hydrogens (tertiary/aromatic N) is 3. The summed E-state index contributed by atoms with van der Waals surface area (Å²) in [5, 5.41) is 3.78. The molecule has 166 valence electrons. The third-order valence-electron chi connectivity index (χ3n) is 5.68. The molecule has 2 atom stereocenters. The highest BCUT2D eigenvalue weighted by Crippen LogP contribution is 2.41. The number of thiocarbonyl (C=S) groups is 1. The first-order chi connectivity index (χ1) is 15.4. The second kappa shape index (κ2) is 9.08. The van der Waals surface area contributed by atoms with Gasteiger partial charge in [0.1, 0.15) is 12.4 Å². The highest BCUT2D eigenvalue weighted by molar-refractivity contribution is 7.80. The summed E-state index contributed by atoms with van der Waals surface area (Å²) in [6.45, 7) is 5.97. The molecule has 0 bridgehead atoms. The number of hydrogen-bond donors (Lipinski definition) is 1. The lowest BCUT2D eigenvalue weighted by atomic mass is 9.97. The van der Waals surface area contributed by atoms with E-state index in [1.165, 1.54) is 6.07 Å². The van der Waals surface area contributed by atoms with Crippen LogP contribution in [0.2, 0.25) is 0 Å². The predicted octanol–water partition coefficient (Wildman–Crippen LogP) is 4.16. The molecule has 0 unspecified atom stereocenters. The van der Waals surface area contributed by atoms with Gasteiger partial charge >= 0.3 is 5.97 Å². The summed E-state index contributed by atoms with van der Waals surface area (Å²) in [5.74, 6) is -0.656. The Hall–Kier alpha value is -3.26. The molecule has 1 fully saturated rings. The number of benzene rings is 1. The number of hydrogen-bond acceptors (Lipinski definition) is 4. The van der Waals surface area contributed by atoms with Gasteiger partial charge in [-0.3, -0.25) is 9.78 Å². The van der Waals surface area contributed by atoms with Crippen LogP contribution in [0, 0.1) is 19.7 Å². The summed E-state index contributed by atoms with van der Waals surface area (Å²) in [4.78, 5) is 18.7. The summed E-state index contributed by atoms with van der Waals surface area (Å²) in [6.07, 6.45) is 1.73. The molecule has 1 N–H and O–H groups in total. The first-order valence-corrected chi connectivity index (χ1v) is 10.9. The minimum atomic E-state index is -0.355. The lowest BCUT2D eigenvalue weighted by Gasteiger charge is -2.27. The third-order valence-corrected chi connectivity index (χ3v) is 6.04. The zero-order chi connectivity index (χ0) is 22.8. The fourth-order valence-electron chi connectivity index (χ4n) is 4.35. The van der Waals surface area contributed by atoms with E-state index in [1.54, 1.807) is 25.3 Å². The number of ether oxygens (including phenoxy) is 1. The summed E-state index contributed by atoms with van der Waals surface area (Å²) in [7, 11) is 0. The van der Waals surface area contributed by atoms with Gasteiger partial charge < -0.3 is 19.5 Å². The van der Waals surface area contributed by atoms with Gasteiger partial charge in [-0.25, -0.2) is 4.39 Å². The van der Waals surface area contributed by atoms with Crippen LogP contribution in [0.4, 0.5) is 4.39 Å². The molecule has 0 aliphatic carbocycles. The van der Waals surface area contributed by atoms with Crippen molar-refractivity contribution >= 4 is 23.3 Å². The Morgan fingerprint density at radius 2 is 1.97 bits per heavy atom. The normalized spacial score (nSPS) is 18.0. The minimum Gasteiger partial charge on any atom is -0.465 e. The molecule has 6 nitrogen and oxygen atoms in total. The maximum absolute atomic E-state index is 14.6. The van der Waals surface area contributed by atoms with Gasteiger partial charge in [0.25, 0.3) is 0 Å². The average Bonchev–Trinajstić information content (AvgIpc) is 3.25. The standard InChI is InChI=1S/C24H25FN4O2S/c1-4-31-21(30)14-28-23(22(27-24(28)32)19-10-7-8-12-26-19)17-13-15(2)29(16(17)3)20-11-6-5-9-18(20)25/h5-13,22-23H,4,14H2,1-3H3,(H,27,32)/t22-,23+/m1/s1. The van der Waals surface area contributed by atoms with E-state index in [0.29, 0.717) is 17.4 Å². The summed E-state index contributed by atoms with van der Waals surface area (Å²) in [6, 6.07) is 13.8. The van der Waals surface area contributed by atoms with Crippen LogP contribution in [-0.4, -0.2) is 38.7 Å². The Labute approximate surface area is 192 Å². The molecule has 2 aromatic heterocycles. The molecular formula is C24H25FN4O2S. The number of carbonyl (C=O) groups is 1. The number of nitrogens with one attached hydrogen (secondary N) is 1. The number of halogens is 1. The van der Waals surface area contributed by atoms with Crippen LogP contribution in [0.5, 0.6) is 0 Å². The summed E-state index contributed by atoms with van der Waals surface area (Å²) < 4.78 is 21.7. The smallest absolute Gasteiger partial charge is 0.325 e. The Balaban J connectivity index is 1.83. The number of carbonyl (C=O) groups excluding carboxylic acids is 1. The molecular weight excluding hydrogens is 427 g/mol. The molecule has 3 aromatic rings. The number of aryl methyl sites for hydroxylation is 1. The molecule has 1 aromatic carbocycles. The fraction of sp³-hybridized carbons (Fsp3) is 0.292. The lowest BCUT2D eigenvalue weighted by molar-refractivity contribution is -0.143. The Kier molecular flexibility index (Phi) is 6.23. The van der Waals surface area contributed by atoms with Crippen molar-refractivity contribution in [3.8, 4) is 5.69 Å². The second-order valence-electron chi connectivity index (χ2n) is 7.67. The van der Waals surface area contributed by atoms with Crippen molar-refractivity contribution < 1.29 is 13.9 Å². The van der Waals surface area contributed by atoms with Gasteiger partial charge in [-0.15, -0.1) is 0 Å². The van der Waals surface area contributed by atoms with Gasteiger partial charge in [-0.1, -0.05) is 18.2 Å². The first-order valence-electron chi connectivity index (χ1n) is 10.5. The van der Waals surface area contributed by atoms with Crippen LogP contribution in [0.1, 0.15) is 41.7 Å². The maximum Gasteiger partial charge on any atom is 0.325 e. The van der Waals surface area contributed by atoms with E-state index in [0.717, 1.165) is 22.6 Å². The van der Waals surface area contributed by atoms with Gasteiger partial charge in [0.2, 0.25) is 0 Å². The van der Waals surface area contributed by atoms with Crippen LogP contribution in [-0.2, 0) is 9.53 Å². The van der Waals surface area contributed by atoms with E-state index in [4.69, 9.17) is 17.0 Å². The van der Waals surface area contributed by atoms with Crippen LogP contribution >= 0.6 is 12.2 Å². The van der Waals surface area contributed by atoms with Gasteiger partial charge in [-0.2, -0.15) is 0 Å². The average molecular weight is 453 g/mol. The molecule has 3 heterocycles. The molecule has 0 amide bonds. The molecule has 1 aliphatic rings. The minimum absolute atomic E-state index is 0.0110. The number of pyridine rings is 1. The second-order valence-corrected chi connectivity index (χ2v) is 8.06. The molecule has 0 spiro atoms. The molecule has 0 radical (unpaired) electrons. The Morgan fingerprint density at radius 3 is 2.66 bits per heavy atom. The summed E-state index contributed by atoms with van der Waals surface area (Å²) in [5.41, 5.74) is 3.99. The molecule has 32 heavy (non-hydrogen) atoms. The number of rotatable bonds is 6. The van der Waals surface area contributed by atoms with Crippen molar-refractivity contribution in [3.63, 3.8) is 0 Å². The Morgan fingerprint density at radius 1 is 1.22 bits per heavy atom. The van der Waals surface area contributed by atoms with E-state index in [2.05, 4.69) is 10.3 Å². The van der Waals surface area contributed by atoms with Crippen molar-refractivity contribution in [1.82, 2.24) is 19.8 Å². The van der Waals surface area contributed by atoms with Crippen LogP contribution in [0.15, 0.2) is 54.7 Å². The SMILES string of the molecule is CCOC(=O)CN1C(=S)N[C@H](c2ccccn2)[C@@H]1c1cc(C)n(-c2ccccc2F)c1C. The Bertz CT molecular complexity index is 1150. The van der Waals surface area contributed by atoms with Crippen molar-refractivity contribution in [2.45, 2.75) is 32.9 Å². The van der Waals surface area contributed by atoms with Crippen LogP contribution in [0.3, 0.4) is 0 Å². The van der Waals surface area contributed by atoms with E-state index in [1.807, 2.05) is 53.6 Å². The highest BCUT2D eigenvalue weighted by atomic mass is 32.1. The van der Waals surface area contributed by atoms with E-state index >= 15 is 0 Å². The van der Waals surface area contributed by atoms with Crippen LogP contribution in [0.25, 0.3) is 5.69 Å². The molecule has 8 heteroatoms. The monoisotopic (exact) mass is 452 g/mol. The van der Waals surface area contributed by atoms with E-state index < -0.39 is 0 Å². The van der Waals surface area contributed by atoms with Gasteiger partial charge in [-0.05, 0) is 68.9 Å². The largest absolute Gasteiger partial charge is 0.465 e. The number of esters is 1. The molecule has 0 saturated carbocycles. The van der Waals surface area contributed by atoms with Crippen LogP contribution < -0.4 is 5.32 Å². The first kappa shape index (κ1) is 22.0. The highest BCUT2D eigenvalue weighted by Gasteiger charge is 2.42. The number of aromatic nitrogens is 2. The molecule has 4 rings (SSSR count). The van der Waals surface area contributed by atoms with E-state index in [9.17, 15) is 9.18 Å². The fourth-order valence-corrected chi connectivity index (χ4v) is 4.66. The van der Waals surface area contributed by atoms with Gasteiger partial charge in [0, 0.05) is 17.6 Å². The zero-order valence-electron chi connectivity index (χ0n) is 18.2. The summed E-state index contributed by atoms with van der Waals surface area (Å²) >= 11 is 5.61. The molecule has 1 aliphatic heterocycles. The van der Waals surface area contributed by atoms with Crippen molar-refractivity contribution in [3.05, 3.63) is 83.2 Å². The van der Waals surface area contributed by atoms with Crippen molar-refractivity contribution in [1.29, 1.82) is 0 Å². The number of para-hydroxylation sites is 1. The molecule has 1 saturated heterocycles. The zero-order valence-corrected chi connectivity index (χ0v) is 19.0. The maximum atomic E-state index is 14.6. The van der Waals surface area contributed by atoms with Crippen molar-refractivity contribution in [2.75, 3.05) is 13.2 Å². The lowest BCUT2D eigenvalue weighted by Crippen LogP contribution is -2.35. The predicted molar refractivity (Wildman–Crippen MR) is 124 cm³/mol. The van der Waals surface area contributed by atoms with Crippen molar-refractivity contribution in [2.24, 2.45) is 0 Å². The van der Waals surface area contributed by atoms with E-state index in [-0.39, 0.29) is 30.4 Å². The topological polar surface area (TPSA) is 59.4 Å².